The smallest absolute Gasteiger partial charge is 0.100 e. The van der Waals surface area contributed by atoms with E-state index >= 15 is 0 Å². The molecule has 3 unspecified atom stereocenters. The molecule has 3 nitrogen and oxygen atoms in total. The van der Waals surface area contributed by atoms with Crippen LogP contribution in [0.3, 0.4) is 0 Å². The molecule has 2 N–H and O–H groups in total. The average molecular weight is 207 g/mol. The van der Waals surface area contributed by atoms with Gasteiger partial charge in [-0.05, 0) is 51.6 Å². The predicted octanol–water partition coefficient (Wildman–Crippen LogP) is 1.15. The molecule has 0 aromatic carbocycles. The molecule has 84 valence electrons. The number of nitrogens with one attached hydrogen (secondary N) is 2. The molecule has 0 aromatic rings. The molecule has 0 spiro atoms. The maximum Gasteiger partial charge on any atom is 0.100 e. The first-order valence-corrected chi connectivity index (χ1v) is 6.35. The highest BCUT2D eigenvalue weighted by molar-refractivity contribution is 5.88. The zero-order chi connectivity index (χ0) is 10.3. The first-order valence-electron chi connectivity index (χ1n) is 6.35. The van der Waals surface area contributed by atoms with Crippen LogP contribution < -0.4 is 10.6 Å². The monoisotopic (exact) mass is 207 g/mol. The zero-order valence-corrected chi connectivity index (χ0v) is 9.50. The van der Waals surface area contributed by atoms with E-state index in [0.717, 1.165) is 11.8 Å². The van der Waals surface area contributed by atoms with Crippen molar-refractivity contribution >= 4 is 5.84 Å². The van der Waals surface area contributed by atoms with E-state index in [1.54, 1.807) is 0 Å². The van der Waals surface area contributed by atoms with E-state index in [1.807, 2.05) is 0 Å². The maximum absolute atomic E-state index is 4.85. The largest absolute Gasteiger partial charge is 0.369 e. The van der Waals surface area contributed by atoms with Crippen molar-refractivity contribution in [3.8, 4) is 0 Å². The second kappa shape index (κ2) is 3.78. The van der Waals surface area contributed by atoms with Gasteiger partial charge in [0.15, 0.2) is 0 Å². The lowest BCUT2D eigenvalue weighted by Crippen LogP contribution is -2.41. The van der Waals surface area contributed by atoms with Crippen molar-refractivity contribution in [3.63, 3.8) is 0 Å². The Morgan fingerprint density at radius 3 is 2.93 bits per heavy atom. The molecule has 3 heteroatoms. The van der Waals surface area contributed by atoms with Crippen molar-refractivity contribution < 1.29 is 0 Å². The van der Waals surface area contributed by atoms with Gasteiger partial charge < -0.3 is 10.6 Å². The van der Waals surface area contributed by atoms with Crippen molar-refractivity contribution in [1.29, 1.82) is 0 Å². The van der Waals surface area contributed by atoms with Gasteiger partial charge in [0.1, 0.15) is 5.84 Å². The predicted molar refractivity (Wildman–Crippen MR) is 62.1 cm³/mol. The molecular formula is C12H21N3. The minimum absolute atomic E-state index is 0.605. The van der Waals surface area contributed by atoms with Gasteiger partial charge >= 0.3 is 0 Å². The molecule has 3 aliphatic rings. The van der Waals surface area contributed by atoms with Crippen LogP contribution in [-0.4, -0.2) is 31.5 Å². The second-order valence-corrected chi connectivity index (χ2v) is 5.34. The van der Waals surface area contributed by atoms with Crippen LogP contribution >= 0.6 is 0 Å². The number of nitrogens with zero attached hydrogens (tertiary/aromatic N) is 1. The Labute approximate surface area is 91.7 Å². The molecule has 1 heterocycles. The third-order valence-corrected chi connectivity index (χ3v) is 4.02. The number of rotatable bonds is 3. The number of hydrogen-bond donors (Lipinski definition) is 2. The molecule has 0 aromatic heterocycles. The second-order valence-electron chi connectivity index (χ2n) is 5.34. The van der Waals surface area contributed by atoms with Crippen molar-refractivity contribution in [2.24, 2.45) is 16.8 Å². The van der Waals surface area contributed by atoms with Crippen LogP contribution in [0.1, 0.15) is 32.1 Å². The molecule has 0 saturated heterocycles. The van der Waals surface area contributed by atoms with Crippen LogP contribution in [0.25, 0.3) is 0 Å². The third kappa shape index (κ3) is 1.89. The summed E-state index contributed by atoms with van der Waals surface area (Å²) in [7, 11) is 2.06. The van der Waals surface area contributed by atoms with Gasteiger partial charge in [-0.2, -0.15) is 0 Å². The number of aliphatic imine (C=N–C) groups is 1. The molecule has 2 aliphatic carbocycles. The van der Waals surface area contributed by atoms with Crippen LogP contribution in [0.4, 0.5) is 0 Å². The fraction of sp³-hybridized carbons (Fsp3) is 0.917. The fourth-order valence-corrected chi connectivity index (χ4v) is 3.01. The lowest BCUT2D eigenvalue weighted by atomic mass is 9.83. The molecule has 15 heavy (non-hydrogen) atoms. The standard InChI is InChI=1S/C12H21N3/c1-13-7-8-2-5-10-11(6-8)15-12(14-10)9-3-4-9/h8-11,13H,2-7H2,1H3,(H,14,15). The average Bonchev–Trinajstić information content (AvgIpc) is 2.99. The van der Waals surface area contributed by atoms with E-state index in [2.05, 4.69) is 17.7 Å². The highest BCUT2D eigenvalue weighted by Crippen LogP contribution is 2.36. The summed E-state index contributed by atoms with van der Waals surface area (Å²) in [4.78, 5) is 4.85. The quantitative estimate of drug-likeness (QED) is 0.728. The summed E-state index contributed by atoms with van der Waals surface area (Å²) in [6.45, 7) is 1.17. The summed E-state index contributed by atoms with van der Waals surface area (Å²) in [5.74, 6) is 3.01. The summed E-state index contributed by atoms with van der Waals surface area (Å²) in [6.07, 6.45) is 6.69. The molecule has 0 amide bonds. The molecule has 3 rings (SSSR count). The van der Waals surface area contributed by atoms with E-state index < -0.39 is 0 Å². The summed E-state index contributed by atoms with van der Waals surface area (Å²) in [5.41, 5.74) is 0. The minimum Gasteiger partial charge on any atom is -0.369 e. The Morgan fingerprint density at radius 2 is 2.20 bits per heavy atom. The van der Waals surface area contributed by atoms with Gasteiger partial charge in [-0.15, -0.1) is 0 Å². The highest BCUT2D eigenvalue weighted by Gasteiger charge is 2.39. The van der Waals surface area contributed by atoms with Gasteiger partial charge in [0.2, 0.25) is 0 Å². The third-order valence-electron chi connectivity index (χ3n) is 4.02. The van der Waals surface area contributed by atoms with E-state index in [9.17, 15) is 0 Å². The highest BCUT2D eigenvalue weighted by atomic mass is 15.1. The van der Waals surface area contributed by atoms with E-state index in [0.29, 0.717) is 12.1 Å². The van der Waals surface area contributed by atoms with Gasteiger partial charge in [0, 0.05) is 12.0 Å². The Bertz CT molecular complexity index is 270. The van der Waals surface area contributed by atoms with Crippen LogP contribution in [0, 0.1) is 11.8 Å². The molecule has 0 bridgehead atoms. The Balaban J connectivity index is 1.60. The van der Waals surface area contributed by atoms with Crippen LogP contribution in [-0.2, 0) is 0 Å². The van der Waals surface area contributed by atoms with E-state index in [1.165, 1.54) is 44.5 Å². The molecular weight excluding hydrogens is 186 g/mol. The lowest BCUT2D eigenvalue weighted by Gasteiger charge is -2.30. The topological polar surface area (TPSA) is 36.4 Å². The van der Waals surface area contributed by atoms with E-state index in [-0.39, 0.29) is 0 Å². The summed E-state index contributed by atoms with van der Waals surface area (Å²) >= 11 is 0. The van der Waals surface area contributed by atoms with Gasteiger partial charge in [-0.25, -0.2) is 0 Å². The molecule has 0 radical (unpaired) electrons. The Morgan fingerprint density at radius 1 is 1.33 bits per heavy atom. The summed E-state index contributed by atoms with van der Waals surface area (Å²) in [5, 5.41) is 6.96. The van der Waals surface area contributed by atoms with Crippen molar-refractivity contribution in [1.82, 2.24) is 10.6 Å². The normalized spacial score (nSPS) is 39.5. The summed E-state index contributed by atoms with van der Waals surface area (Å²) in [6, 6.07) is 1.27. The van der Waals surface area contributed by atoms with Crippen LogP contribution in [0.15, 0.2) is 4.99 Å². The van der Waals surface area contributed by atoms with Gasteiger partial charge in [-0.1, -0.05) is 0 Å². The fourth-order valence-electron chi connectivity index (χ4n) is 3.01. The molecule has 3 atom stereocenters. The van der Waals surface area contributed by atoms with Crippen molar-refractivity contribution in [2.75, 3.05) is 13.6 Å². The van der Waals surface area contributed by atoms with Crippen molar-refractivity contribution in [2.45, 2.75) is 44.2 Å². The lowest BCUT2D eigenvalue weighted by molar-refractivity contribution is 0.284. The van der Waals surface area contributed by atoms with Gasteiger partial charge in [-0.3, -0.25) is 4.99 Å². The number of amidine groups is 1. The van der Waals surface area contributed by atoms with Crippen molar-refractivity contribution in [3.05, 3.63) is 0 Å². The minimum atomic E-state index is 0.605. The van der Waals surface area contributed by atoms with Gasteiger partial charge in [0.05, 0.1) is 6.04 Å². The van der Waals surface area contributed by atoms with Crippen LogP contribution in [0.2, 0.25) is 0 Å². The van der Waals surface area contributed by atoms with E-state index in [4.69, 9.17) is 4.99 Å². The SMILES string of the molecule is CNCC1CCC2N=C(C3CC3)NC2C1. The zero-order valence-electron chi connectivity index (χ0n) is 9.50. The van der Waals surface area contributed by atoms with Gasteiger partial charge in [0.25, 0.3) is 0 Å². The number of fused-ring (bicyclic) bond motifs is 1. The maximum atomic E-state index is 4.85. The summed E-state index contributed by atoms with van der Waals surface area (Å²) < 4.78 is 0. The number of hydrogen-bond acceptors (Lipinski definition) is 3. The first kappa shape index (κ1) is 9.64. The molecule has 2 fully saturated rings. The Kier molecular flexibility index (Phi) is 2.43. The van der Waals surface area contributed by atoms with Crippen LogP contribution in [0.5, 0.6) is 0 Å². The molecule has 1 aliphatic heterocycles. The Hall–Kier alpha value is -0.570. The first-order chi connectivity index (χ1) is 7.36. The molecule has 2 saturated carbocycles.